The minimum Gasteiger partial charge on any atom is -0.497 e. The molecule has 1 N–H and O–H groups in total. The summed E-state index contributed by atoms with van der Waals surface area (Å²) in [7, 11) is 5.34. The molecule has 1 aliphatic rings. The maximum Gasteiger partial charge on any atom is 0.297 e. The number of aldehydes is 1. The monoisotopic (exact) mass is 454 g/mol. The molecule has 0 unspecified atom stereocenters. The first-order valence-corrected chi connectivity index (χ1v) is 10.3. The van der Waals surface area contributed by atoms with Crippen LogP contribution in [0.2, 0.25) is 0 Å². The number of hydrogen-bond donors (Lipinski definition) is 1. The lowest BCUT2D eigenvalue weighted by molar-refractivity contribution is -0.111. The van der Waals surface area contributed by atoms with Crippen molar-refractivity contribution in [2.75, 3.05) is 52.4 Å². The molecule has 8 nitrogen and oxygen atoms in total. The third-order valence-corrected chi connectivity index (χ3v) is 4.04. The van der Waals surface area contributed by atoms with Crippen molar-refractivity contribution in [1.82, 2.24) is 15.3 Å². The van der Waals surface area contributed by atoms with Crippen LogP contribution in [-0.4, -0.2) is 63.8 Å². The Morgan fingerprint density at radius 3 is 2.16 bits per heavy atom. The molecular formula is C22H32F2N4O4. The zero-order chi connectivity index (χ0) is 23.8. The number of rotatable bonds is 8. The third kappa shape index (κ3) is 9.97. The number of hydrogen-bond acceptors (Lipinski definition) is 8. The number of carbonyl (C=O) groups is 1. The molecule has 32 heavy (non-hydrogen) atoms. The minimum atomic E-state index is -2.69. The van der Waals surface area contributed by atoms with Crippen molar-refractivity contribution < 1.29 is 27.8 Å². The highest BCUT2D eigenvalue weighted by Gasteiger charge is 2.15. The number of benzene rings is 1. The number of carbonyl (C=O) groups excluding carboxylic acids is 1. The van der Waals surface area contributed by atoms with Gasteiger partial charge in [0.15, 0.2) is 11.6 Å². The molecule has 0 radical (unpaired) electrons. The van der Waals surface area contributed by atoms with Crippen LogP contribution >= 0.6 is 0 Å². The predicted octanol–water partition coefficient (Wildman–Crippen LogP) is 3.87. The number of anilines is 1. The molecule has 0 bridgehead atoms. The number of ether oxygens (including phenoxy) is 3. The van der Waals surface area contributed by atoms with Gasteiger partial charge >= 0.3 is 0 Å². The summed E-state index contributed by atoms with van der Waals surface area (Å²) in [6.45, 7) is 4.70. The number of alkyl halides is 2. The summed E-state index contributed by atoms with van der Waals surface area (Å²) >= 11 is 0. The average Bonchev–Trinajstić information content (AvgIpc) is 3.34. The molecule has 0 saturated carbocycles. The number of halogens is 2. The van der Waals surface area contributed by atoms with Crippen LogP contribution in [0.15, 0.2) is 30.6 Å². The highest BCUT2D eigenvalue weighted by molar-refractivity contribution is 5.56. The molecule has 178 valence electrons. The second-order valence-corrected chi connectivity index (χ2v) is 6.57. The van der Waals surface area contributed by atoms with E-state index >= 15 is 0 Å². The van der Waals surface area contributed by atoms with Gasteiger partial charge in [0.25, 0.3) is 6.43 Å². The summed E-state index contributed by atoms with van der Waals surface area (Å²) in [5.74, 6) is 1.02. The molecule has 2 aromatic rings. The summed E-state index contributed by atoms with van der Waals surface area (Å²) in [5, 5.41) is 2.75. The SMILES string of the molecule is CCOCC=O.CNC.COc1cc(Oc2cnc(C(F)F)nc2)cc(N2CCCC2)c1. The molecule has 1 aromatic heterocycles. The normalized spacial score (nSPS) is 12.4. The van der Waals surface area contributed by atoms with Gasteiger partial charge in [-0.1, -0.05) is 0 Å². The van der Waals surface area contributed by atoms with E-state index in [0.29, 0.717) is 23.9 Å². The topological polar surface area (TPSA) is 85.8 Å². The average molecular weight is 455 g/mol. The van der Waals surface area contributed by atoms with Gasteiger partial charge in [0.05, 0.1) is 19.5 Å². The van der Waals surface area contributed by atoms with E-state index in [1.54, 1.807) is 13.2 Å². The number of methoxy groups -OCH3 is 1. The first-order chi connectivity index (χ1) is 15.5. The van der Waals surface area contributed by atoms with E-state index in [2.05, 4.69) is 24.9 Å². The summed E-state index contributed by atoms with van der Waals surface area (Å²) in [5.41, 5.74) is 1.02. The summed E-state index contributed by atoms with van der Waals surface area (Å²) in [4.78, 5) is 18.9. The van der Waals surface area contributed by atoms with E-state index in [1.165, 1.54) is 12.4 Å². The minimum absolute atomic E-state index is 0.233. The second-order valence-electron chi connectivity index (χ2n) is 6.57. The molecule has 1 fully saturated rings. The number of nitrogens with one attached hydrogen (secondary N) is 1. The van der Waals surface area contributed by atoms with Gasteiger partial charge in [-0.05, 0) is 33.9 Å². The van der Waals surface area contributed by atoms with Gasteiger partial charge in [0.2, 0.25) is 0 Å². The largest absolute Gasteiger partial charge is 0.497 e. The van der Waals surface area contributed by atoms with Gasteiger partial charge in [-0.15, -0.1) is 0 Å². The second kappa shape index (κ2) is 15.9. The summed E-state index contributed by atoms with van der Waals surface area (Å²) in [6, 6.07) is 5.59. The lowest BCUT2D eigenvalue weighted by atomic mass is 10.2. The van der Waals surface area contributed by atoms with E-state index in [4.69, 9.17) is 9.47 Å². The maximum atomic E-state index is 12.5. The fourth-order valence-corrected chi connectivity index (χ4v) is 2.69. The van der Waals surface area contributed by atoms with Crippen molar-refractivity contribution in [2.45, 2.75) is 26.2 Å². The van der Waals surface area contributed by atoms with Gasteiger partial charge in [0, 0.05) is 43.6 Å². The van der Waals surface area contributed by atoms with E-state index in [-0.39, 0.29) is 6.61 Å². The van der Waals surface area contributed by atoms with Gasteiger partial charge in [-0.2, -0.15) is 0 Å². The van der Waals surface area contributed by atoms with Crippen molar-refractivity contribution in [3.05, 3.63) is 36.4 Å². The number of aromatic nitrogens is 2. The van der Waals surface area contributed by atoms with Crippen molar-refractivity contribution in [1.29, 1.82) is 0 Å². The standard InChI is InChI=1S/C16H17F2N3O2.C4H8O2.C2H7N/c1-22-12-6-11(21-4-2-3-5-21)7-13(8-12)23-14-9-19-16(15(17)18)20-10-14;1-2-6-4-3-5;1-3-2/h6-10,15H,2-5H2,1H3;3H,2,4H2,1H3;3H,1-2H3. The lowest BCUT2D eigenvalue weighted by Gasteiger charge is -2.19. The quantitative estimate of drug-likeness (QED) is 0.475. The highest BCUT2D eigenvalue weighted by atomic mass is 19.3. The molecule has 10 heteroatoms. The van der Waals surface area contributed by atoms with Crippen LogP contribution in [-0.2, 0) is 9.53 Å². The van der Waals surface area contributed by atoms with Crippen molar-refractivity contribution in [3.8, 4) is 17.2 Å². The Morgan fingerprint density at radius 2 is 1.69 bits per heavy atom. The highest BCUT2D eigenvalue weighted by Crippen LogP contribution is 2.32. The Balaban J connectivity index is 0.000000486. The lowest BCUT2D eigenvalue weighted by Crippen LogP contribution is -2.17. The number of nitrogens with zero attached hydrogens (tertiary/aromatic N) is 3. The zero-order valence-corrected chi connectivity index (χ0v) is 19.0. The van der Waals surface area contributed by atoms with Crippen LogP contribution in [0.4, 0.5) is 14.5 Å². The summed E-state index contributed by atoms with van der Waals surface area (Å²) in [6.07, 6.45) is 2.85. The van der Waals surface area contributed by atoms with Crippen LogP contribution in [0.1, 0.15) is 32.0 Å². The van der Waals surface area contributed by atoms with Crippen LogP contribution in [0.25, 0.3) is 0 Å². The van der Waals surface area contributed by atoms with Gasteiger partial charge in [0.1, 0.15) is 24.4 Å². The molecule has 0 aliphatic carbocycles. The van der Waals surface area contributed by atoms with Crippen molar-refractivity contribution in [3.63, 3.8) is 0 Å². The van der Waals surface area contributed by atoms with Gasteiger partial charge in [-0.25, -0.2) is 18.7 Å². The smallest absolute Gasteiger partial charge is 0.297 e. The van der Waals surface area contributed by atoms with Crippen LogP contribution in [0, 0.1) is 0 Å². The molecule has 2 heterocycles. The van der Waals surface area contributed by atoms with Crippen molar-refractivity contribution in [2.24, 2.45) is 0 Å². The Morgan fingerprint density at radius 1 is 1.09 bits per heavy atom. The van der Waals surface area contributed by atoms with E-state index in [0.717, 1.165) is 37.9 Å². The fraction of sp³-hybridized carbons (Fsp3) is 0.500. The molecule has 1 saturated heterocycles. The Labute approximate surface area is 187 Å². The predicted molar refractivity (Wildman–Crippen MR) is 119 cm³/mol. The van der Waals surface area contributed by atoms with Gasteiger partial charge in [-0.3, -0.25) is 0 Å². The van der Waals surface area contributed by atoms with Crippen LogP contribution in [0.3, 0.4) is 0 Å². The fourth-order valence-electron chi connectivity index (χ4n) is 2.69. The Kier molecular flexibility index (Phi) is 13.5. The molecule has 3 rings (SSSR count). The Bertz CT molecular complexity index is 773. The van der Waals surface area contributed by atoms with E-state index in [1.807, 2.05) is 33.2 Å². The van der Waals surface area contributed by atoms with Crippen LogP contribution < -0.4 is 19.7 Å². The van der Waals surface area contributed by atoms with Crippen molar-refractivity contribution >= 4 is 12.0 Å². The third-order valence-electron chi connectivity index (χ3n) is 4.04. The molecule has 0 atom stereocenters. The molecule has 0 amide bonds. The molecule has 0 spiro atoms. The first-order valence-electron chi connectivity index (χ1n) is 10.3. The Hall–Kier alpha value is -2.85. The maximum absolute atomic E-state index is 12.5. The first kappa shape index (κ1) is 27.2. The molecule has 1 aromatic carbocycles. The summed E-state index contributed by atoms with van der Waals surface area (Å²) < 4.78 is 40.5. The van der Waals surface area contributed by atoms with Crippen LogP contribution in [0.5, 0.6) is 17.2 Å². The van der Waals surface area contributed by atoms with E-state index < -0.39 is 12.2 Å². The zero-order valence-electron chi connectivity index (χ0n) is 19.0. The molecule has 1 aliphatic heterocycles. The molecular weight excluding hydrogens is 422 g/mol. The van der Waals surface area contributed by atoms with Gasteiger partial charge < -0.3 is 29.2 Å². The van der Waals surface area contributed by atoms with E-state index in [9.17, 15) is 13.6 Å².